The van der Waals surface area contributed by atoms with Gasteiger partial charge in [-0.15, -0.1) is 0 Å². The SMILES string of the molecule is CCNc1cnc(CN(C)Cc2cccc(C)n2)cn1. The third-order valence-corrected chi connectivity index (χ3v) is 2.87. The molecule has 20 heavy (non-hydrogen) atoms. The number of hydrogen-bond acceptors (Lipinski definition) is 5. The molecule has 0 aliphatic carbocycles. The van der Waals surface area contributed by atoms with E-state index in [0.717, 1.165) is 42.5 Å². The van der Waals surface area contributed by atoms with Crippen LogP contribution in [-0.4, -0.2) is 33.4 Å². The Morgan fingerprint density at radius 1 is 1.10 bits per heavy atom. The first kappa shape index (κ1) is 14.4. The van der Waals surface area contributed by atoms with Gasteiger partial charge in [0, 0.05) is 25.3 Å². The Bertz CT molecular complexity index is 538. The molecule has 5 heteroatoms. The summed E-state index contributed by atoms with van der Waals surface area (Å²) in [6.45, 7) is 6.47. The van der Waals surface area contributed by atoms with Crippen LogP contribution < -0.4 is 5.32 Å². The summed E-state index contributed by atoms with van der Waals surface area (Å²) in [5.41, 5.74) is 3.08. The van der Waals surface area contributed by atoms with Crippen molar-refractivity contribution in [2.75, 3.05) is 18.9 Å². The molecule has 106 valence electrons. The number of rotatable bonds is 6. The number of anilines is 1. The molecular weight excluding hydrogens is 250 g/mol. The van der Waals surface area contributed by atoms with Crippen molar-refractivity contribution in [1.82, 2.24) is 19.9 Å². The van der Waals surface area contributed by atoms with Gasteiger partial charge in [-0.3, -0.25) is 14.9 Å². The van der Waals surface area contributed by atoms with E-state index in [0.29, 0.717) is 0 Å². The molecule has 0 aromatic carbocycles. The van der Waals surface area contributed by atoms with Crippen molar-refractivity contribution >= 4 is 5.82 Å². The molecule has 0 radical (unpaired) electrons. The quantitative estimate of drug-likeness (QED) is 0.873. The van der Waals surface area contributed by atoms with Crippen molar-refractivity contribution in [3.63, 3.8) is 0 Å². The first-order valence-electron chi connectivity index (χ1n) is 6.83. The molecule has 0 bridgehead atoms. The standard InChI is InChI=1S/C15H21N5/c1-4-16-15-9-17-14(8-18-15)11-20(3)10-13-7-5-6-12(2)19-13/h5-9H,4,10-11H2,1-3H3,(H,16,18). The zero-order chi connectivity index (χ0) is 14.4. The summed E-state index contributed by atoms with van der Waals surface area (Å²) >= 11 is 0. The van der Waals surface area contributed by atoms with Gasteiger partial charge in [0.05, 0.1) is 23.8 Å². The van der Waals surface area contributed by atoms with E-state index in [9.17, 15) is 0 Å². The molecule has 0 aliphatic rings. The van der Waals surface area contributed by atoms with Gasteiger partial charge in [-0.1, -0.05) is 6.07 Å². The summed E-state index contributed by atoms with van der Waals surface area (Å²) < 4.78 is 0. The smallest absolute Gasteiger partial charge is 0.144 e. The molecule has 1 N–H and O–H groups in total. The third-order valence-electron chi connectivity index (χ3n) is 2.87. The Balaban J connectivity index is 1.92. The topological polar surface area (TPSA) is 53.9 Å². The molecule has 0 saturated carbocycles. The number of nitrogens with zero attached hydrogens (tertiary/aromatic N) is 4. The lowest BCUT2D eigenvalue weighted by molar-refractivity contribution is 0.310. The third kappa shape index (κ3) is 4.28. The number of pyridine rings is 1. The summed E-state index contributed by atoms with van der Waals surface area (Å²) in [7, 11) is 2.06. The number of hydrogen-bond donors (Lipinski definition) is 1. The Labute approximate surface area is 120 Å². The highest BCUT2D eigenvalue weighted by Gasteiger charge is 2.04. The van der Waals surface area contributed by atoms with Crippen LogP contribution >= 0.6 is 0 Å². The summed E-state index contributed by atoms with van der Waals surface area (Å²) in [6.07, 6.45) is 3.59. The molecule has 5 nitrogen and oxygen atoms in total. The Morgan fingerprint density at radius 2 is 1.90 bits per heavy atom. The molecule has 2 heterocycles. The van der Waals surface area contributed by atoms with E-state index in [2.05, 4.69) is 32.2 Å². The van der Waals surface area contributed by atoms with Crippen LogP contribution in [0.3, 0.4) is 0 Å². The van der Waals surface area contributed by atoms with Crippen LogP contribution in [0, 0.1) is 6.92 Å². The van der Waals surface area contributed by atoms with Crippen LogP contribution in [-0.2, 0) is 13.1 Å². The second-order valence-corrected chi connectivity index (χ2v) is 4.87. The van der Waals surface area contributed by atoms with Gasteiger partial charge in [-0.05, 0) is 33.0 Å². The molecule has 2 aromatic rings. The normalized spacial score (nSPS) is 10.8. The number of aryl methyl sites for hydroxylation is 1. The van der Waals surface area contributed by atoms with E-state index in [1.807, 2.05) is 38.2 Å². The van der Waals surface area contributed by atoms with Gasteiger partial charge in [0.2, 0.25) is 0 Å². The Kier molecular flexibility index (Phi) is 5.01. The minimum Gasteiger partial charge on any atom is -0.369 e. The molecule has 0 saturated heterocycles. The maximum Gasteiger partial charge on any atom is 0.144 e. The molecular formula is C15H21N5. The highest BCUT2D eigenvalue weighted by atomic mass is 15.1. The summed E-state index contributed by atoms with van der Waals surface area (Å²) in [5.74, 6) is 0.819. The fraction of sp³-hybridized carbons (Fsp3) is 0.400. The average molecular weight is 271 g/mol. The molecule has 2 aromatic heterocycles. The lowest BCUT2D eigenvalue weighted by Crippen LogP contribution is -2.19. The van der Waals surface area contributed by atoms with E-state index >= 15 is 0 Å². The lowest BCUT2D eigenvalue weighted by Gasteiger charge is -2.15. The van der Waals surface area contributed by atoms with Gasteiger partial charge in [-0.25, -0.2) is 4.98 Å². The second kappa shape index (κ2) is 6.96. The molecule has 0 fully saturated rings. The van der Waals surface area contributed by atoms with Crippen LogP contribution in [0.15, 0.2) is 30.6 Å². The second-order valence-electron chi connectivity index (χ2n) is 4.87. The van der Waals surface area contributed by atoms with Crippen molar-refractivity contribution in [3.8, 4) is 0 Å². The van der Waals surface area contributed by atoms with E-state index < -0.39 is 0 Å². The van der Waals surface area contributed by atoms with Crippen LogP contribution in [0.25, 0.3) is 0 Å². The lowest BCUT2D eigenvalue weighted by atomic mass is 10.3. The summed E-state index contributed by atoms with van der Waals surface area (Å²) in [5, 5.41) is 3.14. The van der Waals surface area contributed by atoms with Crippen molar-refractivity contribution in [1.29, 1.82) is 0 Å². The van der Waals surface area contributed by atoms with E-state index in [-0.39, 0.29) is 0 Å². The maximum absolute atomic E-state index is 4.51. The first-order valence-corrected chi connectivity index (χ1v) is 6.83. The fourth-order valence-electron chi connectivity index (χ4n) is 2.01. The number of nitrogens with one attached hydrogen (secondary N) is 1. The molecule has 0 amide bonds. The van der Waals surface area contributed by atoms with Gasteiger partial charge in [0.25, 0.3) is 0 Å². The number of aromatic nitrogens is 3. The van der Waals surface area contributed by atoms with Gasteiger partial charge in [0.15, 0.2) is 0 Å². The van der Waals surface area contributed by atoms with Gasteiger partial charge < -0.3 is 5.32 Å². The largest absolute Gasteiger partial charge is 0.369 e. The first-order chi connectivity index (χ1) is 9.67. The molecule has 0 aliphatic heterocycles. The van der Waals surface area contributed by atoms with Crippen molar-refractivity contribution in [3.05, 3.63) is 47.7 Å². The van der Waals surface area contributed by atoms with Crippen molar-refractivity contribution in [2.24, 2.45) is 0 Å². The van der Waals surface area contributed by atoms with Crippen molar-refractivity contribution in [2.45, 2.75) is 26.9 Å². The molecule has 0 unspecified atom stereocenters. The molecule has 2 rings (SSSR count). The monoisotopic (exact) mass is 271 g/mol. The van der Waals surface area contributed by atoms with Crippen LogP contribution in [0.5, 0.6) is 0 Å². The van der Waals surface area contributed by atoms with Gasteiger partial charge in [0.1, 0.15) is 5.82 Å². The predicted octanol–water partition coefficient (Wildman–Crippen LogP) is 2.24. The van der Waals surface area contributed by atoms with E-state index in [1.165, 1.54) is 0 Å². The van der Waals surface area contributed by atoms with E-state index in [1.54, 1.807) is 6.20 Å². The summed E-state index contributed by atoms with van der Waals surface area (Å²) in [6, 6.07) is 6.09. The highest BCUT2D eigenvalue weighted by Crippen LogP contribution is 2.06. The average Bonchev–Trinajstić information content (AvgIpc) is 2.41. The Hall–Kier alpha value is -2.01. The molecule has 0 atom stereocenters. The molecule has 0 spiro atoms. The Morgan fingerprint density at radius 3 is 2.55 bits per heavy atom. The van der Waals surface area contributed by atoms with E-state index in [4.69, 9.17) is 0 Å². The minimum absolute atomic E-state index is 0.759. The van der Waals surface area contributed by atoms with Crippen LogP contribution in [0.2, 0.25) is 0 Å². The minimum atomic E-state index is 0.759. The maximum atomic E-state index is 4.51. The van der Waals surface area contributed by atoms with Crippen LogP contribution in [0.4, 0.5) is 5.82 Å². The zero-order valence-electron chi connectivity index (χ0n) is 12.3. The van der Waals surface area contributed by atoms with Gasteiger partial charge in [-0.2, -0.15) is 0 Å². The highest BCUT2D eigenvalue weighted by molar-refractivity contribution is 5.30. The zero-order valence-corrected chi connectivity index (χ0v) is 12.3. The fourth-order valence-corrected chi connectivity index (χ4v) is 2.01. The van der Waals surface area contributed by atoms with Gasteiger partial charge >= 0.3 is 0 Å². The van der Waals surface area contributed by atoms with Crippen molar-refractivity contribution < 1.29 is 0 Å². The van der Waals surface area contributed by atoms with Crippen LogP contribution in [0.1, 0.15) is 24.0 Å². The predicted molar refractivity (Wildman–Crippen MR) is 80.3 cm³/mol. The summed E-state index contributed by atoms with van der Waals surface area (Å²) in [4.78, 5) is 15.4.